The molecule has 2 aromatic rings. The Morgan fingerprint density at radius 1 is 1.55 bits per heavy atom. The van der Waals surface area contributed by atoms with Gasteiger partial charge in [0.2, 0.25) is 0 Å². The highest BCUT2D eigenvalue weighted by Gasteiger charge is 2.18. The topological polar surface area (TPSA) is 64.4 Å². The van der Waals surface area contributed by atoms with E-state index < -0.39 is 11.8 Å². The van der Waals surface area contributed by atoms with Crippen LogP contribution in [0, 0.1) is 12.7 Å². The first kappa shape index (κ1) is 14.5. The SMILES string of the molecule is Cc1nn(C)c(COc2c(F)cccc2C(=O)O)c1Br. The maximum atomic E-state index is 13.7. The quantitative estimate of drug-likeness (QED) is 0.927. The predicted molar refractivity (Wildman–Crippen MR) is 73.3 cm³/mol. The molecule has 0 amide bonds. The Morgan fingerprint density at radius 2 is 2.25 bits per heavy atom. The number of nitrogens with zero attached hydrogens (tertiary/aromatic N) is 2. The molecule has 0 atom stereocenters. The highest BCUT2D eigenvalue weighted by molar-refractivity contribution is 9.10. The van der Waals surface area contributed by atoms with Gasteiger partial charge in [-0.05, 0) is 35.0 Å². The van der Waals surface area contributed by atoms with Crippen molar-refractivity contribution in [2.75, 3.05) is 0 Å². The number of rotatable bonds is 4. The van der Waals surface area contributed by atoms with E-state index >= 15 is 0 Å². The molecular formula is C13H12BrFN2O3. The van der Waals surface area contributed by atoms with E-state index in [0.29, 0.717) is 5.69 Å². The minimum absolute atomic E-state index is 0.0130. The van der Waals surface area contributed by atoms with Crippen LogP contribution in [-0.4, -0.2) is 20.9 Å². The molecule has 5 nitrogen and oxygen atoms in total. The minimum Gasteiger partial charge on any atom is -0.483 e. The molecule has 0 bridgehead atoms. The van der Waals surface area contributed by atoms with Gasteiger partial charge in [0.05, 0.1) is 15.9 Å². The Morgan fingerprint density at radius 3 is 2.80 bits per heavy atom. The zero-order chi connectivity index (χ0) is 14.9. The van der Waals surface area contributed by atoms with Crippen molar-refractivity contribution in [2.24, 2.45) is 7.05 Å². The number of carboxylic acid groups (broad SMARTS) is 1. The number of aryl methyl sites for hydroxylation is 2. The van der Waals surface area contributed by atoms with Crippen molar-refractivity contribution in [3.05, 3.63) is 45.4 Å². The first-order chi connectivity index (χ1) is 9.41. The lowest BCUT2D eigenvalue weighted by atomic mass is 10.2. The standard InChI is InChI=1S/C13H12BrFN2O3/c1-7-11(14)10(17(2)16-7)6-20-12-8(13(18)19)4-3-5-9(12)15/h3-5H,6H2,1-2H3,(H,18,19). The second kappa shape index (κ2) is 5.62. The van der Waals surface area contributed by atoms with Crippen molar-refractivity contribution in [1.82, 2.24) is 9.78 Å². The summed E-state index contributed by atoms with van der Waals surface area (Å²) in [5.74, 6) is -2.22. The normalized spacial score (nSPS) is 10.6. The molecule has 0 radical (unpaired) electrons. The molecule has 7 heteroatoms. The molecule has 1 heterocycles. The predicted octanol–water partition coefficient (Wildman–Crippen LogP) is 2.91. The lowest BCUT2D eigenvalue weighted by Gasteiger charge is -2.10. The third-order valence-corrected chi connectivity index (χ3v) is 3.84. The van der Waals surface area contributed by atoms with Crippen LogP contribution in [0.15, 0.2) is 22.7 Å². The van der Waals surface area contributed by atoms with E-state index in [1.165, 1.54) is 12.1 Å². The fourth-order valence-electron chi connectivity index (χ4n) is 1.80. The molecule has 0 spiro atoms. The van der Waals surface area contributed by atoms with Crippen LogP contribution in [0.25, 0.3) is 0 Å². The zero-order valence-corrected chi connectivity index (χ0v) is 12.4. The molecule has 0 saturated heterocycles. The third kappa shape index (κ3) is 2.67. The van der Waals surface area contributed by atoms with Crippen LogP contribution < -0.4 is 4.74 Å². The summed E-state index contributed by atoms with van der Waals surface area (Å²) in [6, 6.07) is 3.78. The van der Waals surface area contributed by atoms with Gasteiger partial charge >= 0.3 is 5.97 Å². The number of ether oxygens (including phenoxy) is 1. The van der Waals surface area contributed by atoms with Crippen molar-refractivity contribution in [2.45, 2.75) is 13.5 Å². The van der Waals surface area contributed by atoms with Crippen molar-refractivity contribution in [3.63, 3.8) is 0 Å². The van der Waals surface area contributed by atoms with Gasteiger partial charge in [0, 0.05) is 7.05 Å². The summed E-state index contributed by atoms with van der Waals surface area (Å²) in [6.45, 7) is 1.83. The number of para-hydroxylation sites is 1. The number of aromatic carboxylic acids is 1. The first-order valence-electron chi connectivity index (χ1n) is 5.74. The Bertz CT molecular complexity index is 670. The number of hydrogen-bond donors (Lipinski definition) is 1. The van der Waals surface area contributed by atoms with E-state index in [9.17, 15) is 9.18 Å². The van der Waals surface area contributed by atoms with E-state index in [1.54, 1.807) is 11.7 Å². The van der Waals surface area contributed by atoms with Gasteiger partial charge in [-0.25, -0.2) is 9.18 Å². The lowest BCUT2D eigenvalue weighted by molar-refractivity contribution is 0.0690. The maximum Gasteiger partial charge on any atom is 0.339 e. The van der Waals surface area contributed by atoms with Crippen LogP contribution in [0.2, 0.25) is 0 Å². The molecule has 2 rings (SSSR count). The second-order valence-corrected chi connectivity index (χ2v) is 4.97. The largest absolute Gasteiger partial charge is 0.483 e. The van der Waals surface area contributed by atoms with Gasteiger partial charge in [0.25, 0.3) is 0 Å². The molecule has 0 fully saturated rings. The van der Waals surface area contributed by atoms with E-state index in [1.807, 2.05) is 6.92 Å². The van der Waals surface area contributed by atoms with Crippen LogP contribution >= 0.6 is 15.9 Å². The van der Waals surface area contributed by atoms with Crippen LogP contribution in [0.5, 0.6) is 5.75 Å². The fourth-order valence-corrected chi connectivity index (χ4v) is 2.25. The van der Waals surface area contributed by atoms with E-state index in [-0.39, 0.29) is 17.9 Å². The summed E-state index contributed by atoms with van der Waals surface area (Å²) < 4.78 is 21.4. The Labute approximate surface area is 123 Å². The molecule has 1 aromatic heterocycles. The Hall–Kier alpha value is -1.89. The molecule has 0 aliphatic carbocycles. The molecule has 0 aliphatic heterocycles. The van der Waals surface area contributed by atoms with Crippen LogP contribution in [0.1, 0.15) is 21.7 Å². The number of carboxylic acids is 1. The number of hydrogen-bond acceptors (Lipinski definition) is 3. The molecule has 1 N–H and O–H groups in total. The van der Waals surface area contributed by atoms with Gasteiger partial charge in [0.1, 0.15) is 12.2 Å². The van der Waals surface area contributed by atoms with Crippen LogP contribution in [-0.2, 0) is 13.7 Å². The molecule has 0 saturated carbocycles. The third-order valence-electron chi connectivity index (χ3n) is 2.81. The molecular weight excluding hydrogens is 331 g/mol. The number of halogens is 2. The molecule has 1 aromatic carbocycles. The Balaban J connectivity index is 2.30. The smallest absolute Gasteiger partial charge is 0.339 e. The van der Waals surface area contributed by atoms with Gasteiger partial charge in [-0.2, -0.15) is 5.10 Å². The van der Waals surface area contributed by atoms with Gasteiger partial charge in [-0.15, -0.1) is 0 Å². The average molecular weight is 343 g/mol. The average Bonchev–Trinajstić information content (AvgIpc) is 2.62. The summed E-state index contributed by atoms with van der Waals surface area (Å²) in [7, 11) is 1.73. The molecule has 0 aliphatic rings. The number of aromatic nitrogens is 2. The lowest BCUT2D eigenvalue weighted by Crippen LogP contribution is -2.08. The summed E-state index contributed by atoms with van der Waals surface area (Å²) in [6.07, 6.45) is 0. The summed E-state index contributed by atoms with van der Waals surface area (Å²) >= 11 is 3.37. The molecule has 20 heavy (non-hydrogen) atoms. The maximum absolute atomic E-state index is 13.7. The van der Waals surface area contributed by atoms with Gasteiger partial charge in [0.15, 0.2) is 11.6 Å². The minimum atomic E-state index is -1.24. The van der Waals surface area contributed by atoms with Crippen molar-refractivity contribution in [3.8, 4) is 5.75 Å². The molecule has 106 valence electrons. The highest BCUT2D eigenvalue weighted by atomic mass is 79.9. The monoisotopic (exact) mass is 342 g/mol. The van der Waals surface area contributed by atoms with Crippen molar-refractivity contribution in [1.29, 1.82) is 0 Å². The molecule has 0 unspecified atom stereocenters. The summed E-state index contributed by atoms with van der Waals surface area (Å²) in [4.78, 5) is 11.0. The summed E-state index contributed by atoms with van der Waals surface area (Å²) in [5.41, 5.74) is 1.26. The number of benzene rings is 1. The second-order valence-electron chi connectivity index (χ2n) is 4.18. The first-order valence-corrected chi connectivity index (χ1v) is 6.53. The zero-order valence-electron chi connectivity index (χ0n) is 10.9. The highest BCUT2D eigenvalue weighted by Crippen LogP contribution is 2.26. The number of carbonyl (C=O) groups is 1. The van der Waals surface area contributed by atoms with E-state index in [2.05, 4.69) is 21.0 Å². The fraction of sp³-hybridized carbons (Fsp3) is 0.231. The van der Waals surface area contributed by atoms with E-state index in [4.69, 9.17) is 9.84 Å². The summed E-state index contributed by atoms with van der Waals surface area (Å²) in [5, 5.41) is 13.2. The van der Waals surface area contributed by atoms with Gasteiger partial charge < -0.3 is 9.84 Å². The van der Waals surface area contributed by atoms with Crippen molar-refractivity contribution < 1.29 is 19.0 Å². The van der Waals surface area contributed by atoms with Crippen LogP contribution in [0.4, 0.5) is 4.39 Å². The van der Waals surface area contributed by atoms with Crippen LogP contribution in [0.3, 0.4) is 0 Å². The van der Waals surface area contributed by atoms with Crippen molar-refractivity contribution >= 4 is 21.9 Å². The van der Waals surface area contributed by atoms with Gasteiger partial charge in [-0.1, -0.05) is 6.07 Å². The van der Waals surface area contributed by atoms with Gasteiger partial charge in [-0.3, -0.25) is 4.68 Å². The van der Waals surface area contributed by atoms with E-state index in [0.717, 1.165) is 16.2 Å². The Kier molecular flexibility index (Phi) is 4.08.